The average Bonchev–Trinajstić information content (AvgIpc) is 2.40. The van der Waals surface area contributed by atoms with Gasteiger partial charge in [-0.15, -0.1) is 0 Å². The molecule has 1 aliphatic heterocycles. The molecule has 0 aromatic carbocycles. The Balaban J connectivity index is 2.53. The summed E-state index contributed by atoms with van der Waals surface area (Å²) in [6.07, 6.45) is 1.78. The number of imidazole rings is 1. The van der Waals surface area contributed by atoms with Gasteiger partial charge in [0, 0.05) is 6.54 Å². The van der Waals surface area contributed by atoms with Gasteiger partial charge < -0.3 is 4.74 Å². The number of aromatic nitrogens is 2. The lowest BCUT2D eigenvalue weighted by Crippen LogP contribution is -2.15. The smallest absolute Gasteiger partial charge is 0.297 e. The first kappa shape index (κ1) is 7.34. The molecule has 0 saturated heterocycles. The Kier molecular flexibility index (Phi) is 1.60. The van der Waals surface area contributed by atoms with E-state index >= 15 is 0 Å². The predicted octanol–water partition coefficient (Wildman–Crippen LogP) is 0.787. The second kappa shape index (κ2) is 2.62. The minimum Gasteiger partial charge on any atom is -0.465 e. The molecule has 0 bridgehead atoms. The van der Waals surface area contributed by atoms with E-state index in [0.29, 0.717) is 18.3 Å². The molecule has 0 atom stereocenters. The van der Waals surface area contributed by atoms with E-state index in [0.717, 1.165) is 24.9 Å². The highest BCUT2D eigenvalue weighted by molar-refractivity contribution is 5.74. The van der Waals surface area contributed by atoms with Gasteiger partial charge in [0.25, 0.3) is 6.01 Å². The van der Waals surface area contributed by atoms with Crippen molar-refractivity contribution >= 4 is 6.29 Å². The second-order valence-electron chi connectivity index (χ2n) is 2.84. The van der Waals surface area contributed by atoms with Crippen LogP contribution in [0, 0.1) is 6.92 Å². The van der Waals surface area contributed by atoms with Gasteiger partial charge in [0.05, 0.1) is 12.3 Å². The topological polar surface area (TPSA) is 44.1 Å². The largest absolute Gasteiger partial charge is 0.465 e. The van der Waals surface area contributed by atoms with Crippen LogP contribution in [0.5, 0.6) is 6.01 Å². The van der Waals surface area contributed by atoms with Crippen LogP contribution in [0.1, 0.15) is 22.6 Å². The van der Waals surface area contributed by atoms with Crippen LogP contribution in [0.15, 0.2) is 0 Å². The third-order valence-corrected chi connectivity index (χ3v) is 2.02. The zero-order valence-corrected chi connectivity index (χ0v) is 6.91. The van der Waals surface area contributed by atoms with Crippen molar-refractivity contribution in [3.8, 4) is 6.01 Å². The van der Waals surface area contributed by atoms with E-state index in [1.54, 1.807) is 0 Å². The zero-order chi connectivity index (χ0) is 8.55. The van der Waals surface area contributed by atoms with Gasteiger partial charge in [0.2, 0.25) is 0 Å². The van der Waals surface area contributed by atoms with E-state index in [-0.39, 0.29) is 0 Å². The van der Waals surface area contributed by atoms with Crippen molar-refractivity contribution in [2.24, 2.45) is 0 Å². The molecule has 2 heterocycles. The molecule has 0 aliphatic carbocycles. The Morgan fingerprint density at radius 1 is 1.67 bits per heavy atom. The number of carbonyl (C=O) groups is 1. The Morgan fingerprint density at radius 2 is 2.50 bits per heavy atom. The number of hydrogen-bond donors (Lipinski definition) is 0. The van der Waals surface area contributed by atoms with Crippen molar-refractivity contribution in [1.82, 2.24) is 9.55 Å². The summed E-state index contributed by atoms with van der Waals surface area (Å²) in [4.78, 5) is 14.8. The fourth-order valence-corrected chi connectivity index (χ4v) is 1.42. The van der Waals surface area contributed by atoms with Gasteiger partial charge in [0.1, 0.15) is 5.69 Å². The number of rotatable bonds is 1. The minimum absolute atomic E-state index is 0.584. The Hall–Kier alpha value is -1.32. The van der Waals surface area contributed by atoms with Crippen molar-refractivity contribution < 1.29 is 9.53 Å². The van der Waals surface area contributed by atoms with Gasteiger partial charge in [-0.2, -0.15) is 4.98 Å². The van der Waals surface area contributed by atoms with Crippen LogP contribution in [0.25, 0.3) is 0 Å². The van der Waals surface area contributed by atoms with Gasteiger partial charge in [-0.05, 0) is 13.3 Å². The quantitative estimate of drug-likeness (QED) is 0.579. The van der Waals surface area contributed by atoms with Gasteiger partial charge in [-0.25, -0.2) is 0 Å². The highest BCUT2D eigenvalue weighted by atomic mass is 16.5. The molecule has 0 radical (unpaired) electrons. The van der Waals surface area contributed by atoms with Crippen LogP contribution >= 0.6 is 0 Å². The highest BCUT2D eigenvalue weighted by Crippen LogP contribution is 2.20. The summed E-state index contributed by atoms with van der Waals surface area (Å²) in [5, 5.41) is 0. The molecule has 64 valence electrons. The number of ether oxygens (including phenoxy) is 1. The number of hydrogen-bond acceptors (Lipinski definition) is 3. The molecule has 0 spiro atoms. The number of aldehydes is 1. The van der Waals surface area contributed by atoms with E-state index < -0.39 is 0 Å². The number of nitrogens with zero attached hydrogens (tertiary/aromatic N) is 2. The van der Waals surface area contributed by atoms with Crippen molar-refractivity contribution in [2.75, 3.05) is 6.61 Å². The number of aryl methyl sites for hydroxylation is 1. The van der Waals surface area contributed by atoms with E-state index in [4.69, 9.17) is 4.74 Å². The molecule has 12 heavy (non-hydrogen) atoms. The van der Waals surface area contributed by atoms with Gasteiger partial charge in [-0.3, -0.25) is 9.36 Å². The van der Waals surface area contributed by atoms with Crippen molar-refractivity contribution in [3.63, 3.8) is 0 Å². The molecule has 0 amide bonds. The number of carbonyl (C=O) groups excluding carboxylic acids is 1. The lowest BCUT2D eigenvalue weighted by molar-refractivity contribution is 0.111. The molecule has 1 aromatic rings. The molecule has 4 heteroatoms. The molecular formula is C8H10N2O2. The first-order valence-electron chi connectivity index (χ1n) is 3.98. The van der Waals surface area contributed by atoms with Gasteiger partial charge >= 0.3 is 0 Å². The van der Waals surface area contributed by atoms with Crippen molar-refractivity contribution in [3.05, 3.63) is 11.4 Å². The molecule has 0 N–H and O–H groups in total. The first-order chi connectivity index (χ1) is 5.83. The molecule has 1 aliphatic rings. The lowest BCUT2D eigenvalue weighted by Gasteiger charge is -2.14. The fourth-order valence-electron chi connectivity index (χ4n) is 1.42. The lowest BCUT2D eigenvalue weighted by atomic mass is 10.3. The van der Waals surface area contributed by atoms with E-state index in [1.165, 1.54) is 0 Å². The van der Waals surface area contributed by atoms with Crippen LogP contribution in [0.3, 0.4) is 0 Å². The monoisotopic (exact) mass is 166 g/mol. The maximum atomic E-state index is 10.6. The summed E-state index contributed by atoms with van der Waals surface area (Å²) < 4.78 is 7.10. The molecule has 0 fully saturated rings. The average molecular weight is 166 g/mol. The molecule has 0 unspecified atom stereocenters. The van der Waals surface area contributed by atoms with Crippen molar-refractivity contribution in [2.45, 2.75) is 19.9 Å². The van der Waals surface area contributed by atoms with Crippen LogP contribution < -0.4 is 4.74 Å². The number of fused-ring (bicyclic) bond motifs is 1. The van der Waals surface area contributed by atoms with E-state index in [9.17, 15) is 4.79 Å². The van der Waals surface area contributed by atoms with Crippen LogP contribution in [-0.2, 0) is 6.54 Å². The maximum Gasteiger partial charge on any atom is 0.297 e. The van der Waals surface area contributed by atoms with Crippen LogP contribution in [-0.4, -0.2) is 22.4 Å². The fraction of sp³-hybridized carbons (Fsp3) is 0.500. The van der Waals surface area contributed by atoms with E-state index in [1.807, 2.05) is 11.5 Å². The summed E-state index contributed by atoms with van der Waals surface area (Å²) >= 11 is 0. The SMILES string of the molecule is Cc1nc2n(c1C=O)CCCO2. The molecule has 0 saturated carbocycles. The summed E-state index contributed by atoms with van der Waals surface area (Å²) in [7, 11) is 0. The molecule has 1 aromatic heterocycles. The zero-order valence-electron chi connectivity index (χ0n) is 6.91. The third-order valence-electron chi connectivity index (χ3n) is 2.02. The summed E-state index contributed by atoms with van der Waals surface area (Å²) in [5.74, 6) is 0. The van der Waals surface area contributed by atoms with Crippen LogP contribution in [0.4, 0.5) is 0 Å². The predicted molar refractivity (Wildman–Crippen MR) is 42.5 cm³/mol. The maximum absolute atomic E-state index is 10.6. The Bertz CT molecular complexity index is 317. The summed E-state index contributed by atoms with van der Waals surface area (Å²) in [6.45, 7) is 3.36. The standard InChI is InChI=1S/C8H10N2O2/c1-6-7(5-11)10-3-2-4-12-8(10)9-6/h5H,2-4H2,1H3. The molecule has 4 nitrogen and oxygen atoms in total. The summed E-state index contributed by atoms with van der Waals surface area (Å²) in [5.41, 5.74) is 1.40. The summed E-state index contributed by atoms with van der Waals surface area (Å²) in [6, 6.07) is 0.584. The minimum atomic E-state index is 0.584. The first-order valence-corrected chi connectivity index (χ1v) is 3.98. The van der Waals surface area contributed by atoms with E-state index in [2.05, 4.69) is 4.98 Å². The van der Waals surface area contributed by atoms with Crippen molar-refractivity contribution in [1.29, 1.82) is 0 Å². The third kappa shape index (κ3) is 0.913. The van der Waals surface area contributed by atoms with Gasteiger partial charge in [-0.1, -0.05) is 0 Å². The molecule has 2 rings (SSSR count). The second-order valence-corrected chi connectivity index (χ2v) is 2.84. The highest BCUT2D eigenvalue weighted by Gasteiger charge is 2.17. The Labute approximate surface area is 70.2 Å². The molecular weight excluding hydrogens is 156 g/mol. The Morgan fingerprint density at radius 3 is 3.25 bits per heavy atom. The normalized spacial score (nSPS) is 15.1. The van der Waals surface area contributed by atoms with Crippen LogP contribution in [0.2, 0.25) is 0 Å². The van der Waals surface area contributed by atoms with Gasteiger partial charge in [0.15, 0.2) is 6.29 Å².